The lowest BCUT2D eigenvalue weighted by Crippen LogP contribution is -2.46. The molecule has 1 rings (SSSR count). The van der Waals surface area contributed by atoms with Crippen LogP contribution in [-0.4, -0.2) is 35.0 Å². The van der Waals surface area contributed by atoms with Crippen molar-refractivity contribution < 1.29 is 14.7 Å². The van der Waals surface area contributed by atoms with Crippen molar-refractivity contribution in [1.29, 1.82) is 0 Å². The second-order valence-corrected chi connectivity index (χ2v) is 6.05. The number of carboxylic acid groups (broad SMARTS) is 1. The molecular formula is C13H23NO3. The molecule has 2 atom stereocenters. The number of aliphatic carboxylic acids is 1. The van der Waals surface area contributed by atoms with Crippen molar-refractivity contribution in [3.8, 4) is 0 Å². The summed E-state index contributed by atoms with van der Waals surface area (Å²) in [5.74, 6) is -1.16. The van der Waals surface area contributed by atoms with E-state index < -0.39 is 5.97 Å². The van der Waals surface area contributed by atoms with Gasteiger partial charge < -0.3 is 10.0 Å². The highest BCUT2D eigenvalue weighted by atomic mass is 16.4. The van der Waals surface area contributed by atoms with Gasteiger partial charge in [-0.1, -0.05) is 27.7 Å². The van der Waals surface area contributed by atoms with Crippen LogP contribution in [0.2, 0.25) is 0 Å². The molecule has 1 aliphatic heterocycles. The summed E-state index contributed by atoms with van der Waals surface area (Å²) in [5.41, 5.74) is -0.0761. The second kappa shape index (κ2) is 5.07. The largest absolute Gasteiger partial charge is 0.481 e. The summed E-state index contributed by atoms with van der Waals surface area (Å²) in [6.07, 6.45) is 1.47. The quantitative estimate of drug-likeness (QED) is 0.804. The van der Waals surface area contributed by atoms with E-state index in [9.17, 15) is 9.59 Å². The molecule has 0 spiro atoms. The molecule has 0 aliphatic carbocycles. The number of carbonyl (C=O) groups excluding carboxylic acids is 1. The maximum absolute atomic E-state index is 12.2. The van der Waals surface area contributed by atoms with E-state index in [1.54, 1.807) is 4.90 Å². The first kappa shape index (κ1) is 14.0. The molecular weight excluding hydrogens is 218 g/mol. The van der Waals surface area contributed by atoms with Crippen molar-refractivity contribution in [3.05, 3.63) is 0 Å². The van der Waals surface area contributed by atoms with Crippen molar-refractivity contribution >= 4 is 11.9 Å². The smallest absolute Gasteiger partial charge is 0.308 e. The average Bonchev–Trinajstić information content (AvgIpc) is 2.26. The summed E-state index contributed by atoms with van der Waals surface area (Å²) in [5, 5.41) is 9.00. The van der Waals surface area contributed by atoms with Crippen LogP contribution in [0.15, 0.2) is 0 Å². The lowest BCUT2D eigenvalue weighted by molar-refractivity contribution is -0.147. The van der Waals surface area contributed by atoms with Gasteiger partial charge in [-0.3, -0.25) is 9.59 Å². The summed E-state index contributed by atoms with van der Waals surface area (Å²) >= 11 is 0. The van der Waals surface area contributed by atoms with Crippen molar-refractivity contribution in [1.82, 2.24) is 4.90 Å². The maximum atomic E-state index is 12.2. The van der Waals surface area contributed by atoms with Crippen LogP contribution in [0.1, 0.15) is 40.5 Å². The van der Waals surface area contributed by atoms with Gasteiger partial charge in [0.05, 0.1) is 5.92 Å². The van der Waals surface area contributed by atoms with Crippen LogP contribution in [0, 0.1) is 17.3 Å². The van der Waals surface area contributed by atoms with E-state index in [1.807, 2.05) is 27.7 Å². The van der Waals surface area contributed by atoms with Gasteiger partial charge in [0.2, 0.25) is 5.91 Å². The van der Waals surface area contributed by atoms with Crippen LogP contribution in [0.3, 0.4) is 0 Å². The van der Waals surface area contributed by atoms with Crippen LogP contribution < -0.4 is 0 Å². The molecule has 0 aromatic heterocycles. The highest BCUT2D eigenvalue weighted by Gasteiger charge is 2.34. The molecule has 98 valence electrons. The number of hydrogen-bond acceptors (Lipinski definition) is 2. The fraction of sp³-hybridized carbons (Fsp3) is 0.846. The number of likely N-dealkylation sites (tertiary alicyclic amines) is 1. The third-order valence-electron chi connectivity index (χ3n) is 3.75. The topological polar surface area (TPSA) is 57.6 Å². The van der Waals surface area contributed by atoms with Crippen LogP contribution in [-0.2, 0) is 9.59 Å². The minimum absolute atomic E-state index is 0.0740. The Morgan fingerprint density at radius 3 is 2.41 bits per heavy atom. The Balaban J connectivity index is 2.67. The molecule has 1 unspecified atom stereocenters. The van der Waals surface area contributed by atoms with Crippen molar-refractivity contribution in [2.75, 3.05) is 13.1 Å². The number of piperidine rings is 1. The van der Waals surface area contributed by atoms with E-state index >= 15 is 0 Å². The van der Waals surface area contributed by atoms with E-state index in [1.165, 1.54) is 0 Å². The predicted octanol–water partition coefficient (Wildman–Crippen LogP) is 1.99. The fourth-order valence-corrected chi connectivity index (χ4v) is 2.02. The van der Waals surface area contributed by atoms with E-state index in [0.717, 1.165) is 6.42 Å². The zero-order chi connectivity index (χ0) is 13.2. The summed E-state index contributed by atoms with van der Waals surface area (Å²) in [6, 6.07) is 0. The Bertz CT molecular complexity index is 306. The first-order valence-electron chi connectivity index (χ1n) is 6.25. The van der Waals surface area contributed by atoms with Gasteiger partial charge >= 0.3 is 5.97 Å². The highest BCUT2D eigenvalue weighted by molar-refractivity contribution is 5.80. The maximum Gasteiger partial charge on any atom is 0.308 e. The summed E-state index contributed by atoms with van der Waals surface area (Å²) in [6.45, 7) is 9.10. The molecule has 0 aromatic carbocycles. The molecule has 1 amide bonds. The minimum atomic E-state index is -0.786. The molecule has 0 saturated carbocycles. The molecule has 17 heavy (non-hydrogen) atoms. The molecule has 0 aromatic rings. The Kier molecular flexibility index (Phi) is 4.17. The van der Waals surface area contributed by atoms with Gasteiger partial charge in [-0.2, -0.15) is 0 Å². The molecule has 1 N–H and O–H groups in total. The summed E-state index contributed by atoms with van der Waals surface area (Å²) < 4.78 is 0. The van der Waals surface area contributed by atoms with Gasteiger partial charge in [0, 0.05) is 19.0 Å². The lowest BCUT2D eigenvalue weighted by Gasteiger charge is -2.36. The number of nitrogens with zero attached hydrogens (tertiary/aromatic N) is 1. The molecule has 1 heterocycles. The SMILES string of the molecule is CC(C(=O)N1CCC[C@H](C(=O)O)C1)C(C)(C)C. The summed E-state index contributed by atoms with van der Waals surface area (Å²) in [7, 11) is 0. The predicted molar refractivity (Wildman–Crippen MR) is 65.6 cm³/mol. The van der Waals surface area contributed by atoms with Crippen LogP contribution >= 0.6 is 0 Å². The van der Waals surface area contributed by atoms with Crippen LogP contribution in [0.25, 0.3) is 0 Å². The van der Waals surface area contributed by atoms with E-state index in [2.05, 4.69) is 0 Å². The standard InChI is InChI=1S/C13H23NO3/c1-9(13(2,3)4)11(15)14-7-5-6-10(8-14)12(16)17/h9-10H,5-8H2,1-4H3,(H,16,17)/t9?,10-/m0/s1. The Hall–Kier alpha value is -1.06. The number of carboxylic acids is 1. The van der Waals surface area contributed by atoms with Crippen LogP contribution in [0.4, 0.5) is 0 Å². The molecule has 0 bridgehead atoms. The first-order valence-corrected chi connectivity index (χ1v) is 6.25. The number of amides is 1. The molecule has 4 heteroatoms. The zero-order valence-corrected chi connectivity index (χ0v) is 11.2. The van der Waals surface area contributed by atoms with Crippen molar-refractivity contribution in [3.63, 3.8) is 0 Å². The molecule has 1 saturated heterocycles. The molecule has 1 aliphatic rings. The van der Waals surface area contributed by atoms with Crippen molar-refractivity contribution in [2.45, 2.75) is 40.5 Å². The minimum Gasteiger partial charge on any atom is -0.481 e. The average molecular weight is 241 g/mol. The first-order chi connectivity index (χ1) is 7.73. The summed E-state index contributed by atoms with van der Waals surface area (Å²) in [4.78, 5) is 24.9. The van der Waals surface area contributed by atoms with E-state index in [-0.39, 0.29) is 23.2 Å². The third-order valence-corrected chi connectivity index (χ3v) is 3.75. The Morgan fingerprint density at radius 2 is 1.94 bits per heavy atom. The Morgan fingerprint density at radius 1 is 1.35 bits per heavy atom. The van der Waals surface area contributed by atoms with Gasteiger partial charge in [0.1, 0.15) is 0 Å². The van der Waals surface area contributed by atoms with Gasteiger partial charge in [0.25, 0.3) is 0 Å². The second-order valence-electron chi connectivity index (χ2n) is 6.05. The van der Waals surface area contributed by atoms with Crippen LogP contribution in [0.5, 0.6) is 0 Å². The lowest BCUT2D eigenvalue weighted by atomic mass is 9.80. The van der Waals surface area contributed by atoms with Gasteiger partial charge in [0.15, 0.2) is 0 Å². The highest BCUT2D eigenvalue weighted by Crippen LogP contribution is 2.28. The van der Waals surface area contributed by atoms with E-state index in [4.69, 9.17) is 5.11 Å². The third kappa shape index (κ3) is 3.45. The molecule has 0 radical (unpaired) electrons. The normalized spacial score (nSPS) is 23.3. The molecule has 4 nitrogen and oxygen atoms in total. The number of rotatable bonds is 2. The number of carbonyl (C=O) groups is 2. The number of hydrogen-bond donors (Lipinski definition) is 1. The zero-order valence-electron chi connectivity index (χ0n) is 11.2. The fourth-order valence-electron chi connectivity index (χ4n) is 2.02. The van der Waals surface area contributed by atoms with Crippen molar-refractivity contribution in [2.24, 2.45) is 17.3 Å². The monoisotopic (exact) mass is 241 g/mol. The van der Waals surface area contributed by atoms with Gasteiger partial charge in [-0.05, 0) is 18.3 Å². The molecule has 1 fully saturated rings. The Labute approximate surface area is 103 Å². The van der Waals surface area contributed by atoms with E-state index in [0.29, 0.717) is 19.5 Å². The van der Waals surface area contributed by atoms with Gasteiger partial charge in [-0.25, -0.2) is 0 Å². The van der Waals surface area contributed by atoms with Gasteiger partial charge in [-0.15, -0.1) is 0 Å².